The molecule has 0 bridgehead atoms. The number of benzene rings is 1. The van der Waals surface area contributed by atoms with Gasteiger partial charge in [0.15, 0.2) is 6.61 Å². The van der Waals surface area contributed by atoms with E-state index in [0.29, 0.717) is 11.6 Å². The van der Waals surface area contributed by atoms with E-state index in [-0.39, 0.29) is 12.4 Å². The van der Waals surface area contributed by atoms with Crippen molar-refractivity contribution < 1.29 is 14.3 Å². The maximum Gasteiger partial charge on any atom is 0.331 e. The molecule has 0 unspecified atom stereocenters. The Morgan fingerprint density at radius 2 is 1.88 bits per heavy atom. The van der Waals surface area contributed by atoms with Gasteiger partial charge in [-0.1, -0.05) is 17.7 Å². The fourth-order valence-electron chi connectivity index (χ4n) is 3.32. The first kappa shape index (κ1) is 18.2. The summed E-state index contributed by atoms with van der Waals surface area (Å²) in [6, 6.07) is 8.38. The number of hydrogen-bond acceptors (Lipinski definition) is 3. The van der Waals surface area contributed by atoms with E-state index >= 15 is 0 Å². The summed E-state index contributed by atoms with van der Waals surface area (Å²) in [6.45, 7) is 7.73. The highest BCUT2D eigenvalue weighted by atomic mass is 16.5. The molecule has 0 radical (unpaired) electrons. The van der Waals surface area contributed by atoms with E-state index in [1.54, 1.807) is 6.08 Å². The molecule has 3 rings (SSSR count). The first-order valence-corrected chi connectivity index (χ1v) is 9.00. The minimum absolute atomic E-state index is 0.181. The van der Waals surface area contributed by atoms with E-state index in [0.717, 1.165) is 16.7 Å². The summed E-state index contributed by atoms with van der Waals surface area (Å²) >= 11 is 0. The van der Waals surface area contributed by atoms with Gasteiger partial charge in [0, 0.05) is 29.1 Å². The third-order valence-electron chi connectivity index (χ3n) is 4.87. The van der Waals surface area contributed by atoms with Gasteiger partial charge in [0.2, 0.25) is 5.78 Å². The van der Waals surface area contributed by atoms with E-state index in [1.165, 1.54) is 30.3 Å². The van der Waals surface area contributed by atoms with E-state index in [1.807, 2.05) is 32.0 Å². The summed E-state index contributed by atoms with van der Waals surface area (Å²) in [7, 11) is 0. The van der Waals surface area contributed by atoms with Gasteiger partial charge in [-0.25, -0.2) is 4.79 Å². The van der Waals surface area contributed by atoms with Crippen LogP contribution in [0.25, 0.3) is 6.08 Å². The second-order valence-corrected chi connectivity index (χ2v) is 7.11. The monoisotopic (exact) mass is 351 g/mol. The maximum absolute atomic E-state index is 12.3. The number of ether oxygens (including phenoxy) is 1. The van der Waals surface area contributed by atoms with Crippen LogP contribution >= 0.6 is 0 Å². The molecule has 26 heavy (non-hydrogen) atoms. The summed E-state index contributed by atoms with van der Waals surface area (Å²) in [6.07, 6.45) is 5.62. The number of nitrogens with zero attached hydrogens (tertiary/aromatic N) is 1. The Hall–Kier alpha value is -2.62. The number of rotatable bonds is 6. The van der Waals surface area contributed by atoms with Gasteiger partial charge in [0.25, 0.3) is 0 Å². The number of Topliss-reactive ketones (excluding diaryl/α,β-unsaturated/α-hetero) is 1. The van der Waals surface area contributed by atoms with Crippen molar-refractivity contribution in [2.45, 2.75) is 46.6 Å². The highest BCUT2D eigenvalue weighted by Crippen LogP contribution is 2.38. The largest absolute Gasteiger partial charge is 0.454 e. The van der Waals surface area contributed by atoms with Crippen LogP contribution in [0.4, 0.5) is 0 Å². The molecule has 0 N–H and O–H groups in total. The van der Waals surface area contributed by atoms with Crippen LogP contribution in [-0.2, 0) is 9.53 Å². The number of carbonyl (C=O) groups excluding carboxylic acids is 2. The fraction of sp³-hybridized carbons (Fsp3) is 0.364. The molecule has 0 atom stereocenters. The second kappa shape index (κ2) is 7.32. The van der Waals surface area contributed by atoms with Crippen molar-refractivity contribution in [3.8, 4) is 0 Å². The standard InChI is InChI=1S/C22H25NO3/c1-14-5-6-15(2)20(11-14)21(24)13-26-22(25)10-7-18-12-16(3)23(17(18)4)19-8-9-19/h5-7,10-12,19H,8-9,13H2,1-4H3/b10-7+. The molecule has 1 aromatic carbocycles. The SMILES string of the molecule is Cc1ccc(C)c(C(=O)COC(=O)/C=C/c2cc(C)n(C3CC3)c2C)c1. The fourth-order valence-corrected chi connectivity index (χ4v) is 3.32. The number of esters is 1. The topological polar surface area (TPSA) is 48.3 Å². The van der Waals surface area contributed by atoms with Crippen LogP contribution in [0.15, 0.2) is 30.3 Å². The van der Waals surface area contributed by atoms with Crippen molar-refractivity contribution >= 4 is 17.8 Å². The number of ketones is 1. The Balaban J connectivity index is 1.60. The van der Waals surface area contributed by atoms with Gasteiger partial charge < -0.3 is 9.30 Å². The quantitative estimate of drug-likeness (QED) is 0.437. The van der Waals surface area contributed by atoms with Crippen LogP contribution in [0, 0.1) is 27.7 Å². The third kappa shape index (κ3) is 3.96. The van der Waals surface area contributed by atoms with Gasteiger partial charge in [-0.05, 0) is 69.9 Å². The van der Waals surface area contributed by atoms with Gasteiger partial charge in [-0.2, -0.15) is 0 Å². The molecule has 0 saturated heterocycles. The van der Waals surface area contributed by atoms with Crippen LogP contribution in [0.2, 0.25) is 0 Å². The smallest absolute Gasteiger partial charge is 0.331 e. The number of aromatic nitrogens is 1. The van der Waals surface area contributed by atoms with E-state index < -0.39 is 5.97 Å². The summed E-state index contributed by atoms with van der Waals surface area (Å²) < 4.78 is 7.46. The first-order valence-electron chi connectivity index (χ1n) is 9.00. The van der Waals surface area contributed by atoms with Crippen molar-refractivity contribution in [1.29, 1.82) is 0 Å². The lowest BCUT2D eigenvalue weighted by Crippen LogP contribution is -2.13. The van der Waals surface area contributed by atoms with Gasteiger partial charge >= 0.3 is 5.97 Å². The molecule has 1 aliphatic rings. The molecule has 0 spiro atoms. The summed E-state index contributed by atoms with van der Waals surface area (Å²) in [5, 5.41) is 0. The lowest BCUT2D eigenvalue weighted by molar-refractivity contribution is -0.136. The summed E-state index contributed by atoms with van der Waals surface area (Å²) in [4.78, 5) is 24.3. The zero-order chi connectivity index (χ0) is 18.8. The highest BCUT2D eigenvalue weighted by Gasteiger charge is 2.26. The minimum atomic E-state index is -0.500. The van der Waals surface area contributed by atoms with Crippen LogP contribution in [0.1, 0.15) is 57.3 Å². The van der Waals surface area contributed by atoms with Crippen molar-refractivity contribution in [3.63, 3.8) is 0 Å². The Labute approximate surface area is 154 Å². The van der Waals surface area contributed by atoms with Gasteiger partial charge in [0.1, 0.15) is 0 Å². The summed E-state index contributed by atoms with van der Waals surface area (Å²) in [5.74, 6) is -0.681. The predicted octanol–water partition coefficient (Wildman–Crippen LogP) is 4.50. The van der Waals surface area contributed by atoms with Gasteiger partial charge in [0.05, 0.1) is 0 Å². The molecule has 2 aromatic rings. The minimum Gasteiger partial charge on any atom is -0.454 e. The van der Waals surface area contributed by atoms with Gasteiger partial charge in [-0.3, -0.25) is 4.79 Å². The molecule has 136 valence electrons. The Morgan fingerprint density at radius 3 is 2.58 bits per heavy atom. The lowest BCUT2D eigenvalue weighted by atomic mass is 10.0. The predicted molar refractivity (Wildman–Crippen MR) is 102 cm³/mol. The molecule has 1 saturated carbocycles. The van der Waals surface area contributed by atoms with Crippen molar-refractivity contribution in [1.82, 2.24) is 4.57 Å². The Bertz CT molecular complexity index is 885. The van der Waals surface area contributed by atoms with E-state index in [9.17, 15) is 9.59 Å². The van der Waals surface area contributed by atoms with E-state index in [2.05, 4.69) is 24.5 Å². The van der Waals surface area contributed by atoms with Crippen LogP contribution in [-0.4, -0.2) is 22.9 Å². The number of hydrogen-bond donors (Lipinski definition) is 0. The lowest BCUT2D eigenvalue weighted by Gasteiger charge is -2.07. The molecular weight excluding hydrogens is 326 g/mol. The molecule has 1 fully saturated rings. The molecule has 1 heterocycles. The van der Waals surface area contributed by atoms with Crippen molar-refractivity contribution in [2.75, 3.05) is 6.61 Å². The zero-order valence-corrected chi connectivity index (χ0v) is 15.8. The molecule has 1 aromatic heterocycles. The zero-order valence-electron chi connectivity index (χ0n) is 15.8. The van der Waals surface area contributed by atoms with Crippen LogP contribution in [0.5, 0.6) is 0 Å². The Kier molecular flexibility index (Phi) is 5.12. The van der Waals surface area contributed by atoms with Crippen molar-refractivity contribution in [3.05, 3.63) is 64.0 Å². The average Bonchev–Trinajstić information content (AvgIpc) is 3.39. The number of aryl methyl sites for hydroxylation is 3. The normalized spacial score (nSPS) is 14.0. The summed E-state index contributed by atoms with van der Waals surface area (Å²) in [5.41, 5.74) is 5.90. The molecule has 0 aliphatic heterocycles. The molecule has 1 aliphatic carbocycles. The molecular formula is C22H25NO3. The van der Waals surface area contributed by atoms with Crippen molar-refractivity contribution in [2.24, 2.45) is 0 Å². The Morgan fingerprint density at radius 1 is 1.15 bits per heavy atom. The van der Waals surface area contributed by atoms with Crippen LogP contribution < -0.4 is 0 Å². The third-order valence-corrected chi connectivity index (χ3v) is 4.87. The second-order valence-electron chi connectivity index (χ2n) is 7.11. The molecule has 4 nitrogen and oxygen atoms in total. The maximum atomic E-state index is 12.3. The van der Waals surface area contributed by atoms with E-state index in [4.69, 9.17) is 4.74 Å². The van der Waals surface area contributed by atoms with Gasteiger partial charge in [-0.15, -0.1) is 0 Å². The molecule has 0 amide bonds. The van der Waals surface area contributed by atoms with Crippen LogP contribution in [0.3, 0.4) is 0 Å². The highest BCUT2D eigenvalue weighted by molar-refractivity contribution is 6.00. The molecule has 4 heteroatoms. The number of carbonyl (C=O) groups is 2. The first-order chi connectivity index (χ1) is 12.4. The average molecular weight is 351 g/mol.